The number of hydrogen-bond acceptors (Lipinski definition) is 3. The van der Waals surface area contributed by atoms with Crippen molar-refractivity contribution in [2.45, 2.75) is 39.7 Å². The van der Waals surface area contributed by atoms with Gasteiger partial charge in [0.25, 0.3) is 0 Å². The van der Waals surface area contributed by atoms with Crippen molar-refractivity contribution in [2.24, 2.45) is 5.92 Å². The number of benzene rings is 1. The first-order valence-electron chi connectivity index (χ1n) is 8.24. The number of rotatable bonds is 5. The molecule has 2 amide bonds. The first kappa shape index (κ1) is 17.3. The number of hydrogen-bond donors (Lipinski definition) is 1. The Labute approximate surface area is 138 Å². The molecule has 1 aliphatic heterocycles. The van der Waals surface area contributed by atoms with Gasteiger partial charge >= 0.3 is 0 Å². The van der Waals surface area contributed by atoms with E-state index in [0.717, 1.165) is 30.6 Å². The van der Waals surface area contributed by atoms with Crippen LogP contribution in [-0.2, 0) is 22.6 Å². The highest BCUT2D eigenvalue weighted by Gasteiger charge is 2.25. The highest BCUT2D eigenvalue weighted by atomic mass is 16.5. The minimum absolute atomic E-state index is 0.00838. The van der Waals surface area contributed by atoms with Crippen molar-refractivity contribution in [3.05, 3.63) is 29.3 Å². The summed E-state index contributed by atoms with van der Waals surface area (Å²) in [6.45, 7) is 5.49. The average molecular weight is 318 g/mol. The minimum atomic E-state index is -0.00838. The third kappa shape index (κ3) is 4.47. The van der Waals surface area contributed by atoms with Crippen LogP contribution in [0, 0.1) is 5.92 Å². The van der Waals surface area contributed by atoms with Crippen molar-refractivity contribution in [1.82, 2.24) is 10.2 Å². The van der Waals surface area contributed by atoms with Gasteiger partial charge in [-0.2, -0.15) is 0 Å². The minimum Gasteiger partial charge on any atom is -0.496 e. The van der Waals surface area contributed by atoms with Gasteiger partial charge in [0.05, 0.1) is 7.11 Å². The van der Waals surface area contributed by atoms with E-state index in [4.69, 9.17) is 4.74 Å². The Bertz CT molecular complexity index is 563. The third-order valence-corrected chi connectivity index (χ3v) is 4.52. The Balaban J connectivity index is 1.91. The number of ether oxygens (including phenoxy) is 1. The van der Waals surface area contributed by atoms with Crippen LogP contribution in [0.15, 0.2) is 18.2 Å². The van der Waals surface area contributed by atoms with E-state index in [9.17, 15) is 9.59 Å². The van der Waals surface area contributed by atoms with Crippen molar-refractivity contribution in [3.8, 4) is 5.75 Å². The molecule has 1 fully saturated rings. The molecule has 1 aliphatic rings. The highest BCUT2D eigenvalue weighted by molar-refractivity contribution is 5.79. The third-order valence-electron chi connectivity index (χ3n) is 4.52. The zero-order valence-corrected chi connectivity index (χ0v) is 14.2. The lowest BCUT2D eigenvalue weighted by atomic mass is 9.95. The average Bonchev–Trinajstić information content (AvgIpc) is 2.59. The Morgan fingerprint density at radius 3 is 2.57 bits per heavy atom. The Hall–Kier alpha value is -2.04. The summed E-state index contributed by atoms with van der Waals surface area (Å²) >= 11 is 0. The fourth-order valence-corrected chi connectivity index (χ4v) is 2.97. The van der Waals surface area contributed by atoms with Crippen LogP contribution in [0.4, 0.5) is 0 Å². The number of nitrogens with zero attached hydrogens (tertiary/aromatic N) is 1. The zero-order valence-electron chi connectivity index (χ0n) is 14.2. The molecule has 2 rings (SSSR count). The number of methoxy groups -OCH3 is 1. The Morgan fingerprint density at radius 2 is 2.00 bits per heavy atom. The summed E-state index contributed by atoms with van der Waals surface area (Å²) in [5.41, 5.74) is 2.23. The van der Waals surface area contributed by atoms with Crippen molar-refractivity contribution >= 4 is 11.8 Å². The molecule has 1 aromatic rings. The monoisotopic (exact) mass is 318 g/mol. The van der Waals surface area contributed by atoms with Gasteiger partial charge in [0, 0.05) is 38.0 Å². The molecule has 1 heterocycles. The van der Waals surface area contributed by atoms with Gasteiger partial charge in [-0.15, -0.1) is 0 Å². The van der Waals surface area contributed by atoms with E-state index in [1.54, 1.807) is 18.9 Å². The molecule has 0 saturated carbocycles. The van der Waals surface area contributed by atoms with E-state index in [1.165, 1.54) is 5.56 Å². The van der Waals surface area contributed by atoms with Gasteiger partial charge in [-0.05, 0) is 30.9 Å². The molecule has 5 nitrogen and oxygen atoms in total. The van der Waals surface area contributed by atoms with Crippen LogP contribution in [0.2, 0.25) is 0 Å². The predicted octanol–water partition coefficient (Wildman–Crippen LogP) is 2.13. The summed E-state index contributed by atoms with van der Waals surface area (Å²) in [4.78, 5) is 25.5. The molecule has 5 heteroatoms. The second-order valence-corrected chi connectivity index (χ2v) is 6.00. The quantitative estimate of drug-likeness (QED) is 0.905. The number of aryl methyl sites for hydroxylation is 1. The van der Waals surface area contributed by atoms with Crippen LogP contribution in [0.3, 0.4) is 0 Å². The molecule has 0 unspecified atom stereocenters. The van der Waals surface area contributed by atoms with E-state index in [1.807, 2.05) is 12.1 Å². The van der Waals surface area contributed by atoms with E-state index >= 15 is 0 Å². The summed E-state index contributed by atoms with van der Waals surface area (Å²) in [6, 6.07) is 6.07. The largest absolute Gasteiger partial charge is 0.496 e. The van der Waals surface area contributed by atoms with Gasteiger partial charge in [0.15, 0.2) is 0 Å². The van der Waals surface area contributed by atoms with Crippen LogP contribution in [0.25, 0.3) is 0 Å². The lowest BCUT2D eigenvalue weighted by Crippen LogP contribution is -2.42. The number of likely N-dealkylation sites (tertiary alicyclic amines) is 1. The SMILES string of the molecule is CCc1ccc(OC)c(CNC(=O)C2CCN(C(C)=O)CC2)c1. The topological polar surface area (TPSA) is 58.6 Å². The lowest BCUT2D eigenvalue weighted by Gasteiger charge is -2.30. The van der Waals surface area contributed by atoms with E-state index in [-0.39, 0.29) is 17.7 Å². The van der Waals surface area contributed by atoms with Crippen molar-refractivity contribution in [3.63, 3.8) is 0 Å². The molecule has 0 radical (unpaired) electrons. The predicted molar refractivity (Wildman–Crippen MR) is 89.2 cm³/mol. The standard InChI is InChI=1S/C18H26N2O3/c1-4-14-5-6-17(23-3)16(11-14)12-19-18(22)15-7-9-20(10-8-15)13(2)21/h5-6,11,15H,4,7-10,12H2,1-3H3,(H,19,22). The molecule has 1 aromatic carbocycles. The number of piperidine rings is 1. The van der Waals surface area contributed by atoms with E-state index in [0.29, 0.717) is 19.6 Å². The molecule has 0 bridgehead atoms. The van der Waals surface area contributed by atoms with Crippen molar-refractivity contribution in [1.29, 1.82) is 0 Å². The smallest absolute Gasteiger partial charge is 0.223 e. The fourth-order valence-electron chi connectivity index (χ4n) is 2.97. The molecule has 0 aliphatic carbocycles. The highest BCUT2D eigenvalue weighted by Crippen LogP contribution is 2.21. The number of carbonyl (C=O) groups excluding carboxylic acids is 2. The molecule has 1 saturated heterocycles. The normalized spacial score (nSPS) is 15.3. The van der Waals surface area contributed by atoms with Gasteiger partial charge in [0.2, 0.25) is 11.8 Å². The maximum atomic E-state index is 12.3. The Kier molecular flexibility index (Phi) is 6.02. The van der Waals surface area contributed by atoms with Crippen LogP contribution in [0.1, 0.15) is 37.8 Å². The van der Waals surface area contributed by atoms with Gasteiger partial charge < -0.3 is 15.0 Å². The van der Waals surface area contributed by atoms with Gasteiger partial charge in [-0.1, -0.05) is 19.1 Å². The second-order valence-electron chi connectivity index (χ2n) is 6.00. The van der Waals surface area contributed by atoms with Crippen LogP contribution in [-0.4, -0.2) is 36.9 Å². The molecule has 23 heavy (non-hydrogen) atoms. The van der Waals surface area contributed by atoms with Crippen LogP contribution >= 0.6 is 0 Å². The summed E-state index contributed by atoms with van der Waals surface area (Å²) in [5, 5.41) is 3.02. The summed E-state index contributed by atoms with van der Waals surface area (Å²) in [6.07, 6.45) is 2.42. The molecular formula is C18H26N2O3. The molecule has 0 atom stereocenters. The fraction of sp³-hybridized carbons (Fsp3) is 0.556. The summed E-state index contributed by atoms with van der Waals surface area (Å²) in [5.74, 6) is 0.946. The molecule has 126 valence electrons. The summed E-state index contributed by atoms with van der Waals surface area (Å²) in [7, 11) is 1.64. The molecule has 0 aromatic heterocycles. The number of nitrogens with one attached hydrogen (secondary N) is 1. The van der Waals surface area contributed by atoms with E-state index < -0.39 is 0 Å². The zero-order chi connectivity index (χ0) is 16.8. The van der Waals surface area contributed by atoms with Crippen LogP contribution < -0.4 is 10.1 Å². The lowest BCUT2D eigenvalue weighted by molar-refractivity contribution is -0.134. The maximum absolute atomic E-state index is 12.3. The van der Waals surface area contributed by atoms with Gasteiger partial charge in [-0.25, -0.2) is 0 Å². The van der Waals surface area contributed by atoms with Crippen LogP contribution in [0.5, 0.6) is 5.75 Å². The van der Waals surface area contributed by atoms with Gasteiger partial charge in [0.1, 0.15) is 5.75 Å². The van der Waals surface area contributed by atoms with Gasteiger partial charge in [-0.3, -0.25) is 9.59 Å². The van der Waals surface area contributed by atoms with E-state index in [2.05, 4.69) is 18.3 Å². The first-order chi connectivity index (χ1) is 11.0. The molecule has 0 spiro atoms. The second kappa shape index (κ2) is 7.99. The first-order valence-corrected chi connectivity index (χ1v) is 8.24. The molecule has 1 N–H and O–H groups in total. The summed E-state index contributed by atoms with van der Waals surface area (Å²) < 4.78 is 5.37. The van der Waals surface area contributed by atoms with Crippen molar-refractivity contribution < 1.29 is 14.3 Å². The number of carbonyl (C=O) groups is 2. The Morgan fingerprint density at radius 1 is 1.30 bits per heavy atom. The number of amides is 2. The maximum Gasteiger partial charge on any atom is 0.223 e. The van der Waals surface area contributed by atoms with Crippen molar-refractivity contribution in [2.75, 3.05) is 20.2 Å². The molecular weight excluding hydrogens is 292 g/mol.